The van der Waals surface area contributed by atoms with Crippen molar-refractivity contribution in [3.8, 4) is 11.3 Å². The van der Waals surface area contributed by atoms with Crippen LogP contribution in [0.4, 0.5) is 5.69 Å². The first-order valence-electron chi connectivity index (χ1n) is 11.0. The van der Waals surface area contributed by atoms with Crippen LogP contribution < -0.4 is 10.5 Å². The maximum Gasteiger partial charge on any atom is 0.345 e. The first-order chi connectivity index (χ1) is 15.1. The first kappa shape index (κ1) is 18.6. The van der Waals surface area contributed by atoms with E-state index in [1.54, 1.807) is 6.20 Å². The molecule has 2 fully saturated rings. The van der Waals surface area contributed by atoms with Gasteiger partial charge in [-0.15, -0.1) is 0 Å². The standard InChI is InChI=1S/C24H25N5O2/c1-16-13-29-15-21(26-23(29)12-25-16)20-10-17-5-6-18(11-22(17)31-24(20)30)28-9-8-27-7-3-2-4-19(27)14-28/h5-6,10-13,15,19H,2-4,7-9,14H2,1H3. The summed E-state index contributed by atoms with van der Waals surface area (Å²) in [6.07, 6.45) is 9.37. The Morgan fingerprint density at radius 3 is 2.97 bits per heavy atom. The van der Waals surface area contributed by atoms with Gasteiger partial charge in [-0.1, -0.05) is 6.42 Å². The Balaban J connectivity index is 1.34. The van der Waals surface area contributed by atoms with Crippen molar-refractivity contribution >= 4 is 22.3 Å². The van der Waals surface area contributed by atoms with Gasteiger partial charge < -0.3 is 13.7 Å². The molecule has 5 heterocycles. The summed E-state index contributed by atoms with van der Waals surface area (Å²) in [5.41, 5.74) is 4.05. The Morgan fingerprint density at radius 1 is 1.10 bits per heavy atom. The first-order valence-corrected chi connectivity index (χ1v) is 11.0. The molecule has 0 spiro atoms. The normalized spacial score (nSPS) is 19.8. The van der Waals surface area contributed by atoms with E-state index in [2.05, 4.69) is 25.8 Å². The maximum atomic E-state index is 12.8. The summed E-state index contributed by atoms with van der Waals surface area (Å²) in [4.78, 5) is 26.7. The van der Waals surface area contributed by atoms with Crippen molar-refractivity contribution in [2.45, 2.75) is 32.2 Å². The highest BCUT2D eigenvalue weighted by atomic mass is 16.4. The Morgan fingerprint density at radius 2 is 2.03 bits per heavy atom. The summed E-state index contributed by atoms with van der Waals surface area (Å²) in [7, 11) is 0. The highest BCUT2D eigenvalue weighted by Gasteiger charge is 2.29. The highest BCUT2D eigenvalue weighted by molar-refractivity contribution is 5.84. The summed E-state index contributed by atoms with van der Waals surface area (Å²) >= 11 is 0. The predicted octanol–water partition coefficient (Wildman–Crippen LogP) is 3.49. The fourth-order valence-electron chi connectivity index (χ4n) is 5.00. The van der Waals surface area contributed by atoms with E-state index in [-0.39, 0.29) is 5.63 Å². The van der Waals surface area contributed by atoms with Crippen LogP contribution >= 0.6 is 0 Å². The van der Waals surface area contributed by atoms with E-state index >= 15 is 0 Å². The van der Waals surface area contributed by atoms with Gasteiger partial charge in [-0.05, 0) is 44.5 Å². The molecule has 1 unspecified atom stereocenters. The highest BCUT2D eigenvalue weighted by Crippen LogP contribution is 2.28. The summed E-state index contributed by atoms with van der Waals surface area (Å²) in [6, 6.07) is 8.72. The summed E-state index contributed by atoms with van der Waals surface area (Å²) in [5, 5.41) is 0.904. The molecule has 2 aliphatic heterocycles. The van der Waals surface area contributed by atoms with Crippen LogP contribution in [0.25, 0.3) is 27.9 Å². The summed E-state index contributed by atoms with van der Waals surface area (Å²) < 4.78 is 7.63. The van der Waals surface area contributed by atoms with Gasteiger partial charge in [-0.25, -0.2) is 9.78 Å². The third kappa shape index (κ3) is 3.29. The molecular formula is C24H25N5O2. The van der Waals surface area contributed by atoms with Gasteiger partial charge in [0.2, 0.25) is 0 Å². The lowest BCUT2D eigenvalue weighted by molar-refractivity contribution is 0.133. The molecule has 6 rings (SSSR count). The lowest BCUT2D eigenvalue weighted by Gasteiger charge is -2.44. The molecule has 0 bridgehead atoms. The SMILES string of the molecule is Cc1cn2cc(-c3cc4ccc(N5CCN6CCCCC6C5)cc4oc3=O)nc2cn1. The number of piperazine rings is 1. The molecule has 2 saturated heterocycles. The molecule has 1 atom stereocenters. The number of aromatic nitrogens is 3. The zero-order chi connectivity index (χ0) is 20.9. The molecule has 0 N–H and O–H groups in total. The Hall–Kier alpha value is -3.19. The van der Waals surface area contributed by atoms with Crippen molar-refractivity contribution in [3.05, 3.63) is 59.0 Å². The van der Waals surface area contributed by atoms with Gasteiger partial charge in [0.1, 0.15) is 5.58 Å². The molecule has 0 radical (unpaired) electrons. The smallest absolute Gasteiger partial charge is 0.345 e. The summed E-state index contributed by atoms with van der Waals surface area (Å²) in [5.74, 6) is 0. The van der Waals surface area contributed by atoms with Crippen LogP contribution in [0.2, 0.25) is 0 Å². The number of rotatable bonds is 2. The topological polar surface area (TPSA) is 66.9 Å². The third-order valence-electron chi connectivity index (χ3n) is 6.67. The second-order valence-electron chi connectivity index (χ2n) is 8.72. The van der Waals surface area contributed by atoms with Crippen LogP contribution in [0.1, 0.15) is 25.0 Å². The number of aryl methyl sites for hydroxylation is 1. The molecule has 4 aromatic rings. The minimum atomic E-state index is -0.366. The number of hydrogen-bond donors (Lipinski definition) is 0. The zero-order valence-corrected chi connectivity index (χ0v) is 17.6. The number of piperidine rings is 1. The lowest BCUT2D eigenvalue weighted by atomic mass is 9.99. The Kier molecular flexibility index (Phi) is 4.31. The van der Waals surface area contributed by atoms with Crippen molar-refractivity contribution in [2.24, 2.45) is 0 Å². The van der Waals surface area contributed by atoms with Crippen molar-refractivity contribution in [1.82, 2.24) is 19.3 Å². The second kappa shape index (κ2) is 7.20. The Labute approximate surface area is 179 Å². The van der Waals surface area contributed by atoms with Crippen molar-refractivity contribution < 1.29 is 4.42 Å². The molecular weight excluding hydrogens is 390 g/mol. The molecule has 2 aliphatic rings. The third-order valence-corrected chi connectivity index (χ3v) is 6.67. The van der Waals surface area contributed by atoms with Gasteiger partial charge in [-0.2, -0.15) is 0 Å². The van der Waals surface area contributed by atoms with Crippen molar-refractivity contribution in [1.29, 1.82) is 0 Å². The molecule has 0 saturated carbocycles. The molecule has 7 heteroatoms. The Bertz CT molecular complexity index is 1340. The quantitative estimate of drug-likeness (QED) is 0.467. The van der Waals surface area contributed by atoms with Gasteiger partial charge in [0.15, 0.2) is 5.65 Å². The fourth-order valence-corrected chi connectivity index (χ4v) is 5.00. The number of fused-ring (bicyclic) bond motifs is 3. The van der Waals surface area contributed by atoms with Crippen LogP contribution in [-0.4, -0.2) is 51.5 Å². The molecule has 0 amide bonds. The average molecular weight is 415 g/mol. The minimum absolute atomic E-state index is 0.366. The number of benzene rings is 1. The van der Waals surface area contributed by atoms with E-state index in [0.29, 0.717) is 28.5 Å². The van der Waals surface area contributed by atoms with Crippen molar-refractivity contribution in [2.75, 3.05) is 31.1 Å². The molecule has 31 heavy (non-hydrogen) atoms. The molecule has 7 nitrogen and oxygen atoms in total. The van der Waals surface area contributed by atoms with Gasteiger partial charge in [-0.3, -0.25) is 9.88 Å². The fraction of sp³-hybridized carbons (Fsp3) is 0.375. The lowest BCUT2D eigenvalue weighted by Crippen LogP contribution is -2.54. The number of nitrogens with zero attached hydrogens (tertiary/aromatic N) is 5. The maximum absolute atomic E-state index is 12.8. The largest absolute Gasteiger partial charge is 0.422 e. The minimum Gasteiger partial charge on any atom is -0.422 e. The van der Waals surface area contributed by atoms with Gasteiger partial charge in [0.25, 0.3) is 0 Å². The van der Waals surface area contributed by atoms with Crippen LogP contribution in [0.5, 0.6) is 0 Å². The van der Waals surface area contributed by atoms with Crippen LogP contribution in [0.3, 0.4) is 0 Å². The second-order valence-corrected chi connectivity index (χ2v) is 8.72. The van der Waals surface area contributed by atoms with E-state index in [9.17, 15) is 4.79 Å². The van der Waals surface area contributed by atoms with Crippen LogP contribution in [0.15, 0.2) is 52.1 Å². The van der Waals surface area contributed by atoms with E-state index in [1.165, 1.54) is 25.8 Å². The van der Waals surface area contributed by atoms with Gasteiger partial charge in [0.05, 0.1) is 23.1 Å². The average Bonchev–Trinajstić information content (AvgIpc) is 3.20. The number of anilines is 1. The van der Waals surface area contributed by atoms with Crippen molar-refractivity contribution in [3.63, 3.8) is 0 Å². The van der Waals surface area contributed by atoms with Gasteiger partial charge in [0, 0.05) is 55.2 Å². The monoisotopic (exact) mass is 415 g/mol. The summed E-state index contributed by atoms with van der Waals surface area (Å²) in [6.45, 7) is 6.32. The molecule has 3 aromatic heterocycles. The number of hydrogen-bond acceptors (Lipinski definition) is 6. The predicted molar refractivity (Wildman–Crippen MR) is 121 cm³/mol. The van der Waals surface area contributed by atoms with Gasteiger partial charge >= 0.3 is 5.63 Å². The van der Waals surface area contributed by atoms with E-state index in [1.807, 2.05) is 41.9 Å². The zero-order valence-electron chi connectivity index (χ0n) is 17.6. The van der Waals surface area contributed by atoms with E-state index < -0.39 is 0 Å². The van der Waals surface area contributed by atoms with Crippen LogP contribution in [-0.2, 0) is 0 Å². The molecule has 1 aromatic carbocycles. The van der Waals surface area contributed by atoms with Crippen LogP contribution in [0, 0.1) is 6.92 Å². The molecule has 158 valence electrons. The number of imidazole rings is 1. The van der Waals surface area contributed by atoms with E-state index in [0.717, 1.165) is 36.4 Å². The van der Waals surface area contributed by atoms with E-state index in [4.69, 9.17) is 4.42 Å². The molecule has 0 aliphatic carbocycles.